The molecule has 1 fully saturated rings. The standard InChI is InChI=1S/C18H30N4O2S2/c1-14-6-7-15(2)16(12-14)26(23,24)21-9-8-20-17(19-5)22-10-11-25-18(3,4)13-22/h6-7,12,21H,8-11,13H2,1-5H3,(H,19,20). The molecular weight excluding hydrogens is 368 g/mol. The molecule has 0 aromatic heterocycles. The number of hydrogen-bond acceptors (Lipinski definition) is 4. The number of nitrogens with one attached hydrogen (secondary N) is 2. The Balaban J connectivity index is 1.90. The van der Waals surface area contributed by atoms with Crippen molar-refractivity contribution in [1.29, 1.82) is 0 Å². The van der Waals surface area contributed by atoms with E-state index in [-0.39, 0.29) is 4.75 Å². The third-order valence-electron chi connectivity index (χ3n) is 4.27. The summed E-state index contributed by atoms with van der Waals surface area (Å²) in [6, 6.07) is 5.45. The minimum atomic E-state index is -3.51. The van der Waals surface area contributed by atoms with Crippen molar-refractivity contribution >= 4 is 27.7 Å². The number of nitrogens with zero attached hydrogens (tertiary/aromatic N) is 2. The Morgan fingerprint density at radius 1 is 1.31 bits per heavy atom. The second kappa shape index (κ2) is 8.63. The van der Waals surface area contributed by atoms with Gasteiger partial charge in [0.15, 0.2) is 5.96 Å². The topological polar surface area (TPSA) is 73.8 Å². The van der Waals surface area contributed by atoms with E-state index in [2.05, 4.69) is 33.8 Å². The highest BCUT2D eigenvalue weighted by Crippen LogP contribution is 2.29. The number of sulfonamides is 1. The number of guanidine groups is 1. The Morgan fingerprint density at radius 2 is 2.04 bits per heavy atom. The van der Waals surface area contributed by atoms with Gasteiger partial charge in [0.25, 0.3) is 0 Å². The SMILES string of the molecule is CN=C(NCCNS(=O)(=O)c1cc(C)ccc1C)N1CCSC(C)(C)C1. The smallest absolute Gasteiger partial charge is 0.240 e. The fourth-order valence-electron chi connectivity index (χ4n) is 2.96. The van der Waals surface area contributed by atoms with E-state index in [9.17, 15) is 8.42 Å². The first-order valence-corrected chi connectivity index (χ1v) is 11.3. The molecule has 2 rings (SSSR count). The highest BCUT2D eigenvalue weighted by atomic mass is 32.2. The summed E-state index contributed by atoms with van der Waals surface area (Å²) in [5.41, 5.74) is 1.68. The summed E-state index contributed by atoms with van der Waals surface area (Å²) in [5, 5.41) is 3.27. The highest BCUT2D eigenvalue weighted by molar-refractivity contribution is 8.00. The van der Waals surface area contributed by atoms with Crippen LogP contribution in [0.5, 0.6) is 0 Å². The lowest BCUT2D eigenvalue weighted by atomic mass is 10.2. The summed E-state index contributed by atoms with van der Waals surface area (Å²) in [6.07, 6.45) is 0. The van der Waals surface area contributed by atoms with Crippen molar-refractivity contribution in [1.82, 2.24) is 14.9 Å². The van der Waals surface area contributed by atoms with Gasteiger partial charge in [-0.05, 0) is 44.9 Å². The maximum Gasteiger partial charge on any atom is 0.240 e. The van der Waals surface area contributed by atoms with E-state index in [4.69, 9.17) is 0 Å². The van der Waals surface area contributed by atoms with Crippen molar-refractivity contribution in [2.45, 2.75) is 37.3 Å². The average molecular weight is 399 g/mol. The fourth-order valence-corrected chi connectivity index (χ4v) is 5.43. The van der Waals surface area contributed by atoms with Gasteiger partial charge in [-0.2, -0.15) is 11.8 Å². The molecule has 0 radical (unpaired) electrons. The predicted molar refractivity (Wildman–Crippen MR) is 111 cm³/mol. The predicted octanol–water partition coefficient (Wildman–Crippen LogP) is 1.98. The minimum Gasteiger partial charge on any atom is -0.355 e. The summed E-state index contributed by atoms with van der Waals surface area (Å²) in [5.74, 6) is 1.89. The van der Waals surface area contributed by atoms with Gasteiger partial charge in [0.1, 0.15) is 0 Å². The summed E-state index contributed by atoms with van der Waals surface area (Å²) >= 11 is 1.97. The van der Waals surface area contributed by atoms with E-state index >= 15 is 0 Å². The zero-order valence-corrected chi connectivity index (χ0v) is 17.9. The van der Waals surface area contributed by atoms with Crippen molar-refractivity contribution in [3.63, 3.8) is 0 Å². The third kappa shape index (κ3) is 5.62. The van der Waals surface area contributed by atoms with Gasteiger partial charge in [0.2, 0.25) is 10.0 Å². The molecule has 0 atom stereocenters. The normalized spacial score (nSPS) is 18.0. The molecule has 1 aliphatic heterocycles. The number of benzene rings is 1. The second-order valence-corrected chi connectivity index (χ2v) is 10.7. The maximum atomic E-state index is 12.5. The first-order chi connectivity index (χ1) is 12.1. The number of thioether (sulfide) groups is 1. The Kier molecular flexibility index (Phi) is 6.99. The molecule has 1 aromatic rings. The van der Waals surface area contributed by atoms with Crippen molar-refractivity contribution in [2.24, 2.45) is 4.99 Å². The van der Waals surface area contributed by atoms with Gasteiger partial charge < -0.3 is 10.2 Å². The molecule has 6 nitrogen and oxygen atoms in total. The lowest BCUT2D eigenvalue weighted by Crippen LogP contribution is -2.51. The molecule has 1 saturated heterocycles. The van der Waals surface area contributed by atoms with Crippen LogP contribution in [0.25, 0.3) is 0 Å². The Labute approximate surface area is 161 Å². The Hall–Kier alpha value is -1.25. The fraction of sp³-hybridized carbons (Fsp3) is 0.611. The molecule has 0 amide bonds. The van der Waals surface area contributed by atoms with Gasteiger partial charge in [-0.15, -0.1) is 0 Å². The van der Waals surface area contributed by atoms with Crippen LogP contribution in [0, 0.1) is 13.8 Å². The third-order valence-corrected chi connectivity index (χ3v) is 7.17. The summed E-state index contributed by atoms with van der Waals surface area (Å²) in [7, 11) is -1.75. The Bertz CT molecular complexity index is 760. The van der Waals surface area contributed by atoms with Crippen LogP contribution in [-0.2, 0) is 10.0 Å². The van der Waals surface area contributed by atoms with E-state index in [1.165, 1.54) is 0 Å². The molecule has 0 unspecified atom stereocenters. The zero-order chi connectivity index (χ0) is 19.4. The van der Waals surface area contributed by atoms with Crippen LogP contribution < -0.4 is 10.0 Å². The molecule has 0 bridgehead atoms. The number of hydrogen-bond donors (Lipinski definition) is 2. The molecule has 0 spiro atoms. The van der Waals surface area contributed by atoms with Gasteiger partial charge in [0, 0.05) is 43.7 Å². The Morgan fingerprint density at radius 3 is 2.69 bits per heavy atom. The van der Waals surface area contributed by atoms with Crippen LogP contribution in [0.2, 0.25) is 0 Å². The van der Waals surface area contributed by atoms with Crippen LogP contribution in [0.3, 0.4) is 0 Å². The van der Waals surface area contributed by atoms with Gasteiger partial charge in [-0.3, -0.25) is 4.99 Å². The van der Waals surface area contributed by atoms with Gasteiger partial charge in [-0.25, -0.2) is 13.1 Å². The van der Waals surface area contributed by atoms with Crippen LogP contribution in [0.4, 0.5) is 0 Å². The van der Waals surface area contributed by atoms with Crippen molar-refractivity contribution in [2.75, 3.05) is 39.0 Å². The maximum absolute atomic E-state index is 12.5. The lowest BCUT2D eigenvalue weighted by molar-refractivity contribution is 0.376. The molecular formula is C18H30N4O2S2. The van der Waals surface area contributed by atoms with E-state index < -0.39 is 10.0 Å². The van der Waals surface area contributed by atoms with Gasteiger partial charge in [0.05, 0.1) is 4.90 Å². The lowest BCUT2D eigenvalue weighted by Gasteiger charge is -2.39. The molecule has 1 aliphatic rings. The number of aliphatic imine (C=N–C) groups is 1. The van der Waals surface area contributed by atoms with Crippen LogP contribution in [0.1, 0.15) is 25.0 Å². The highest BCUT2D eigenvalue weighted by Gasteiger charge is 2.28. The van der Waals surface area contributed by atoms with Gasteiger partial charge >= 0.3 is 0 Å². The van der Waals surface area contributed by atoms with Crippen LogP contribution in [0.15, 0.2) is 28.1 Å². The molecule has 146 valence electrons. The molecule has 1 aromatic carbocycles. The first kappa shape index (κ1) is 21.1. The molecule has 0 saturated carbocycles. The largest absolute Gasteiger partial charge is 0.355 e. The van der Waals surface area contributed by atoms with E-state index in [0.29, 0.717) is 18.0 Å². The monoisotopic (exact) mass is 398 g/mol. The van der Waals surface area contributed by atoms with Gasteiger partial charge in [-0.1, -0.05) is 12.1 Å². The van der Waals surface area contributed by atoms with Crippen LogP contribution >= 0.6 is 11.8 Å². The zero-order valence-electron chi connectivity index (χ0n) is 16.3. The van der Waals surface area contributed by atoms with Crippen LogP contribution in [-0.4, -0.2) is 63.0 Å². The number of aryl methyl sites for hydroxylation is 2. The summed E-state index contributed by atoms with van der Waals surface area (Å²) in [4.78, 5) is 6.92. The molecule has 0 aliphatic carbocycles. The summed E-state index contributed by atoms with van der Waals surface area (Å²) < 4.78 is 27.9. The van der Waals surface area contributed by atoms with E-state index in [1.54, 1.807) is 13.1 Å². The molecule has 1 heterocycles. The quantitative estimate of drug-likeness (QED) is 0.451. The van der Waals surface area contributed by atoms with Crippen molar-refractivity contribution < 1.29 is 8.42 Å². The molecule has 2 N–H and O–H groups in total. The molecule has 26 heavy (non-hydrogen) atoms. The van der Waals surface area contributed by atoms with E-state index in [0.717, 1.165) is 35.9 Å². The molecule has 8 heteroatoms. The first-order valence-electron chi connectivity index (χ1n) is 8.81. The number of rotatable bonds is 5. The average Bonchev–Trinajstić information content (AvgIpc) is 2.56. The van der Waals surface area contributed by atoms with E-state index in [1.807, 2.05) is 37.7 Å². The minimum absolute atomic E-state index is 0.195. The summed E-state index contributed by atoms with van der Waals surface area (Å²) in [6.45, 7) is 10.8. The van der Waals surface area contributed by atoms with Crippen molar-refractivity contribution in [3.05, 3.63) is 29.3 Å². The van der Waals surface area contributed by atoms with Crippen molar-refractivity contribution in [3.8, 4) is 0 Å². The second-order valence-electron chi connectivity index (χ2n) is 7.17.